The van der Waals surface area contributed by atoms with Gasteiger partial charge in [0.25, 0.3) is 0 Å². The molecule has 1 saturated heterocycles. The van der Waals surface area contributed by atoms with Gasteiger partial charge < -0.3 is 24.1 Å². The Morgan fingerprint density at radius 2 is 1.81 bits per heavy atom. The first-order valence-electron chi connectivity index (χ1n) is 14.3. The molecule has 4 fully saturated rings. The maximum atomic E-state index is 12.8. The summed E-state index contributed by atoms with van der Waals surface area (Å²) in [4.78, 5) is 28.4. The molecule has 0 radical (unpaired) electrons. The Balaban J connectivity index is 1.19. The van der Waals surface area contributed by atoms with Gasteiger partial charge in [-0.2, -0.15) is 0 Å². The van der Waals surface area contributed by atoms with E-state index in [1.54, 1.807) is 6.26 Å². The molecule has 7 nitrogen and oxygen atoms in total. The van der Waals surface area contributed by atoms with Crippen LogP contribution < -0.4 is 5.63 Å². The Morgan fingerprint density at radius 1 is 1.03 bits per heavy atom. The number of allylic oxidation sites excluding steroid dienone is 1. The topological polar surface area (TPSA) is 83.2 Å². The Labute approximate surface area is 219 Å². The molecule has 7 heteroatoms. The van der Waals surface area contributed by atoms with E-state index in [1.807, 2.05) is 11.0 Å². The molecule has 4 aliphatic carbocycles. The number of hydrogen-bond donors (Lipinski definition) is 1. The predicted octanol–water partition coefficient (Wildman–Crippen LogP) is 4.55. The van der Waals surface area contributed by atoms with Crippen LogP contribution in [-0.2, 0) is 4.74 Å². The first-order chi connectivity index (χ1) is 17.6. The summed E-state index contributed by atoms with van der Waals surface area (Å²) in [7, 11) is 2.09. The van der Waals surface area contributed by atoms with E-state index in [0.717, 1.165) is 83.1 Å². The summed E-state index contributed by atoms with van der Waals surface area (Å²) in [5.41, 5.74) is 1.27. The minimum absolute atomic E-state index is 0.0499. The first kappa shape index (κ1) is 25.2. The summed E-state index contributed by atoms with van der Waals surface area (Å²) in [6.07, 6.45) is 11.1. The van der Waals surface area contributed by atoms with Gasteiger partial charge in [0.2, 0.25) is 0 Å². The minimum Gasteiger partial charge on any atom is -0.442 e. The lowest BCUT2D eigenvalue weighted by molar-refractivity contribution is -0.178. The molecule has 2 heterocycles. The number of fused-ring (bicyclic) bond motifs is 5. The van der Waals surface area contributed by atoms with Gasteiger partial charge in [0, 0.05) is 37.7 Å². The summed E-state index contributed by atoms with van der Waals surface area (Å²) in [5, 5.41) is 12.4. The van der Waals surface area contributed by atoms with Crippen molar-refractivity contribution in [2.24, 2.45) is 22.7 Å². The zero-order chi connectivity index (χ0) is 26.0. The van der Waals surface area contributed by atoms with Gasteiger partial charge in [-0.1, -0.05) is 19.4 Å². The van der Waals surface area contributed by atoms with Crippen LogP contribution in [0.25, 0.3) is 0 Å². The average molecular weight is 511 g/mol. The molecule has 202 valence electrons. The molecule has 0 aromatic carbocycles. The maximum absolute atomic E-state index is 12.8. The van der Waals surface area contributed by atoms with Crippen LogP contribution in [0.5, 0.6) is 0 Å². The Morgan fingerprint density at radius 3 is 2.54 bits per heavy atom. The highest BCUT2D eigenvalue weighted by Gasteiger charge is 2.66. The Bertz CT molecular complexity index is 1120. The molecular weight excluding hydrogens is 468 g/mol. The smallest absolute Gasteiger partial charge is 0.410 e. The van der Waals surface area contributed by atoms with Crippen molar-refractivity contribution in [1.82, 2.24) is 9.80 Å². The van der Waals surface area contributed by atoms with Gasteiger partial charge in [0.15, 0.2) is 0 Å². The molecule has 3 saturated carbocycles. The lowest BCUT2D eigenvalue weighted by atomic mass is 9.45. The third-order valence-electron chi connectivity index (χ3n) is 11.4. The van der Waals surface area contributed by atoms with Crippen molar-refractivity contribution >= 4 is 6.09 Å². The second kappa shape index (κ2) is 8.98. The molecule has 7 atom stereocenters. The van der Waals surface area contributed by atoms with Crippen LogP contribution in [0.15, 0.2) is 39.3 Å². The van der Waals surface area contributed by atoms with Crippen molar-refractivity contribution in [3.63, 3.8) is 0 Å². The molecular formula is C30H42N2O5. The molecule has 1 amide bonds. The van der Waals surface area contributed by atoms with Gasteiger partial charge in [-0.3, -0.25) is 0 Å². The molecule has 37 heavy (non-hydrogen) atoms. The highest BCUT2D eigenvalue weighted by atomic mass is 16.6. The van der Waals surface area contributed by atoms with Crippen LogP contribution in [0.2, 0.25) is 0 Å². The van der Waals surface area contributed by atoms with Gasteiger partial charge in [-0.15, -0.1) is 0 Å². The van der Waals surface area contributed by atoms with E-state index in [4.69, 9.17) is 9.15 Å². The van der Waals surface area contributed by atoms with Crippen molar-refractivity contribution in [3.8, 4) is 0 Å². The minimum atomic E-state index is -0.712. The van der Waals surface area contributed by atoms with E-state index in [0.29, 0.717) is 5.92 Å². The van der Waals surface area contributed by atoms with E-state index in [-0.39, 0.29) is 40.5 Å². The van der Waals surface area contributed by atoms with E-state index in [9.17, 15) is 14.7 Å². The molecule has 5 aliphatic rings. The number of carbonyl (C=O) groups is 1. The molecule has 1 aromatic rings. The van der Waals surface area contributed by atoms with Crippen LogP contribution in [0.1, 0.15) is 76.7 Å². The fourth-order valence-corrected chi connectivity index (χ4v) is 9.05. The number of carbonyl (C=O) groups excluding carboxylic acids is 1. The van der Waals surface area contributed by atoms with Gasteiger partial charge >= 0.3 is 11.7 Å². The average Bonchev–Trinajstić information content (AvgIpc) is 3.16. The van der Waals surface area contributed by atoms with E-state index in [1.165, 1.54) is 11.6 Å². The lowest BCUT2D eigenvalue weighted by Crippen LogP contribution is -2.60. The van der Waals surface area contributed by atoms with E-state index in [2.05, 4.69) is 31.9 Å². The SMILES string of the molecule is CN1CCN(C(=O)OC2C=C3CCC4C(CCC5(C)C(c6ccc(=O)oc6)CCC45O)C3(C)CC2)CC1. The Hall–Kier alpha value is -2.12. The molecule has 0 bridgehead atoms. The predicted molar refractivity (Wildman–Crippen MR) is 140 cm³/mol. The van der Waals surface area contributed by atoms with Crippen molar-refractivity contribution < 1.29 is 19.1 Å². The number of rotatable bonds is 2. The van der Waals surface area contributed by atoms with Gasteiger partial charge in [0.05, 0.1) is 11.9 Å². The highest BCUT2D eigenvalue weighted by Crippen LogP contribution is 2.70. The fraction of sp³-hybridized carbons (Fsp3) is 0.733. The number of nitrogens with zero attached hydrogens (tertiary/aromatic N) is 2. The van der Waals surface area contributed by atoms with E-state index < -0.39 is 5.60 Å². The second-order valence-electron chi connectivity index (χ2n) is 13.0. The monoisotopic (exact) mass is 510 g/mol. The molecule has 7 unspecified atom stereocenters. The number of likely N-dealkylation sites (N-methyl/N-ethyl adjacent to an activating group) is 1. The number of hydrogen-bond acceptors (Lipinski definition) is 6. The number of amides is 1. The standard InChI is InChI=1S/C30H42N2O5/c1-28-11-8-22(37-27(34)32-16-14-31(3)15-17-32)18-21(28)5-6-25-24(28)9-12-29(2)23(10-13-30(25,29)35)20-4-7-26(33)36-19-20/h4,7,18-19,22-25,35H,5-6,8-17H2,1-3H3. The van der Waals surface area contributed by atoms with Crippen LogP contribution in [-0.4, -0.2) is 65.9 Å². The van der Waals surface area contributed by atoms with Gasteiger partial charge in [-0.25, -0.2) is 9.59 Å². The van der Waals surface area contributed by atoms with Crippen LogP contribution in [0.4, 0.5) is 4.79 Å². The molecule has 0 spiro atoms. The summed E-state index contributed by atoms with van der Waals surface area (Å²) in [5.74, 6) is 0.906. The number of aliphatic hydroxyl groups is 1. The maximum Gasteiger partial charge on any atom is 0.410 e. The van der Waals surface area contributed by atoms with Crippen LogP contribution in [0.3, 0.4) is 0 Å². The van der Waals surface area contributed by atoms with Crippen molar-refractivity contribution in [2.45, 2.75) is 82.8 Å². The van der Waals surface area contributed by atoms with Gasteiger partial charge in [0.1, 0.15) is 6.10 Å². The molecule has 1 aliphatic heterocycles. The van der Waals surface area contributed by atoms with Crippen LogP contribution in [0, 0.1) is 22.7 Å². The molecule has 1 N–H and O–H groups in total. The molecule has 1 aromatic heterocycles. The largest absolute Gasteiger partial charge is 0.442 e. The van der Waals surface area contributed by atoms with E-state index >= 15 is 0 Å². The van der Waals surface area contributed by atoms with Crippen molar-refractivity contribution in [3.05, 3.63) is 46.0 Å². The molecule has 6 rings (SSSR count). The first-order valence-corrected chi connectivity index (χ1v) is 14.3. The zero-order valence-electron chi connectivity index (χ0n) is 22.6. The van der Waals surface area contributed by atoms with Crippen molar-refractivity contribution in [2.75, 3.05) is 33.2 Å². The third kappa shape index (κ3) is 3.91. The summed E-state index contributed by atoms with van der Waals surface area (Å²) >= 11 is 0. The summed E-state index contributed by atoms with van der Waals surface area (Å²) in [6, 6.07) is 3.41. The van der Waals surface area contributed by atoms with Gasteiger partial charge in [-0.05, 0) is 99.3 Å². The number of piperazine rings is 1. The Kier molecular flexibility index (Phi) is 6.11. The summed E-state index contributed by atoms with van der Waals surface area (Å²) < 4.78 is 11.2. The zero-order valence-corrected chi connectivity index (χ0v) is 22.6. The third-order valence-corrected chi connectivity index (χ3v) is 11.4. The fourth-order valence-electron chi connectivity index (χ4n) is 9.05. The van der Waals surface area contributed by atoms with Crippen molar-refractivity contribution in [1.29, 1.82) is 0 Å². The van der Waals surface area contributed by atoms with Crippen LogP contribution >= 0.6 is 0 Å². The normalized spacial score (nSPS) is 41.8. The quantitative estimate of drug-likeness (QED) is 0.588. The lowest BCUT2D eigenvalue weighted by Gasteiger charge is -2.61. The summed E-state index contributed by atoms with van der Waals surface area (Å²) in [6.45, 7) is 7.92. The number of ether oxygens (including phenoxy) is 1. The second-order valence-corrected chi connectivity index (χ2v) is 13.0. The highest BCUT2D eigenvalue weighted by molar-refractivity contribution is 5.68.